The van der Waals surface area contributed by atoms with E-state index in [1.54, 1.807) is 12.1 Å². The van der Waals surface area contributed by atoms with Crippen molar-refractivity contribution in [2.24, 2.45) is 22.7 Å². The van der Waals surface area contributed by atoms with Gasteiger partial charge >= 0.3 is 0 Å². The first-order chi connectivity index (χ1) is 15.9. The van der Waals surface area contributed by atoms with E-state index in [1.165, 1.54) is 56.9 Å². The fraction of sp³-hybridized carbons (Fsp3) is 0.567. The summed E-state index contributed by atoms with van der Waals surface area (Å²) in [4.78, 5) is 4.51. The van der Waals surface area contributed by atoms with Crippen LogP contribution < -0.4 is 0 Å². The first kappa shape index (κ1) is 22.6. The molecule has 2 aliphatic carbocycles. The molecule has 176 valence electrons. The number of fused-ring (bicyclic) bond motifs is 1. The van der Waals surface area contributed by atoms with Crippen molar-refractivity contribution in [2.75, 3.05) is 6.61 Å². The molecule has 2 saturated carbocycles. The van der Waals surface area contributed by atoms with E-state index in [2.05, 4.69) is 36.2 Å². The zero-order valence-corrected chi connectivity index (χ0v) is 20.4. The van der Waals surface area contributed by atoms with Gasteiger partial charge in [0.25, 0.3) is 0 Å². The molecule has 4 atom stereocenters. The average molecular weight is 448 g/mol. The Balaban J connectivity index is 1.25. The van der Waals surface area contributed by atoms with Gasteiger partial charge < -0.3 is 4.74 Å². The van der Waals surface area contributed by atoms with Crippen molar-refractivity contribution in [3.05, 3.63) is 59.4 Å². The highest BCUT2D eigenvalue weighted by Gasteiger charge is 2.35. The Kier molecular flexibility index (Phi) is 6.33. The van der Waals surface area contributed by atoms with Crippen LogP contribution in [0.4, 0.5) is 4.39 Å². The Morgan fingerprint density at radius 1 is 0.939 bits per heavy atom. The van der Waals surface area contributed by atoms with Crippen LogP contribution >= 0.6 is 0 Å². The van der Waals surface area contributed by atoms with E-state index in [0.29, 0.717) is 24.0 Å². The predicted octanol–water partition coefficient (Wildman–Crippen LogP) is 8.15. The molecular weight excluding hydrogens is 409 g/mol. The summed E-state index contributed by atoms with van der Waals surface area (Å²) in [5.74, 6) is 3.69. The summed E-state index contributed by atoms with van der Waals surface area (Å²) >= 11 is 0. The summed E-state index contributed by atoms with van der Waals surface area (Å²) in [5.41, 5.74) is 3.59. The van der Waals surface area contributed by atoms with Crippen molar-refractivity contribution in [2.45, 2.75) is 83.6 Å². The lowest BCUT2D eigenvalue weighted by Crippen LogP contribution is -2.30. The van der Waals surface area contributed by atoms with Crippen molar-refractivity contribution in [3.63, 3.8) is 0 Å². The zero-order valence-electron chi connectivity index (χ0n) is 20.4. The highest BCUT2D eigenvalue weighted by molar-refractivity contribution is 5.96. The van der Waals surface area contributed by atoms with Crippen LogP contribution in [0.3, 0.4) is 0 Å². The molecule has 0 spiro atoms. The van der Waals surface area contributed by atoms with Gasteiger partial charge in [0.15, 0.2) is 0 Å². The van der Waals surface area contributed by atoms with Crippen LogP contribution in [0.25, 0.3) is 11.1 Å². The van der Waals surface area contributed by atoms with E-state index in [1.807, 2.05) is 19.9 Å². The van der Waals surface area contributed by atoms with Gasteiger partial charge in [-0.25, -0.2) is 9.38 Å². The molecule has 0 aromatic heterocycles. The first-order valence-electron chi connectivity index (χ1n) is 13.0. The van der Waals surface area contributed by atoms with Gasteiger partial charge in [-0.1, -0.05) is 56.5 Å². The minimum Gasteiger partial charge on any atom is -0.475 e. The SMILES string of the molecule is CCCC1CCC2CC(c3ccc(-c4ccc(C5=NC(C)(C)CO5)c(F)c4)cc3)CCC2C1. The molecule has 0 N–H and O–H groups in total. The van der Waals surface area contributed by atoms with Crippen molar-refractivity contribution in [3.8, 4) is 11.1 Å². The third kappa shape index (κ3) is 4.88. The third-order valence-corrected chi connectivity index (χ3v) is 8.30. The monoisotopic (exact) mass is 447 g/mol. The molecule has 2 aromatic carbocycles. The van der Waals surface area contributed by atoms with E-state index in [-0.39, 0.29) is 11.4 Å². The first-order valence-corrected chi connectivity index (χ1v) is 13.0. The Labute approximate surface area is 198 Å². The normalized spacial score (nSPS) is 28.7. The maximum Gasteiger partial charge on any atom is 0.219 e. The van der Waals surface area contributed by atoms with Crippen molar-refractivity contribution in [1.29, 1.82) is 0 Å². The van der Waals surface area contributed by atoms with Crippen LogP contribution in [-0.4, -0.2) is 18.0 Å². The highest BCUT2D eigenvalue weighted by Crippen LogP contribution is 2.48. The maximum absolute atomic E-state index is 14.9. The van der Waals surface area contributed by atoms with E-state index in [4.69, 9.17) is 4.74 Å². The van der Waals surface area contributed by atoms with Crippen LogP contribution in [0.5, 0.6) is 0 Å². The van der Waals surface area contributed by atoms with Gasteiger partial charge in [0.05, 0.1) is 11.1 Å². The molecule has 3 heteroatoms. The second-order valence-corrected chi connectivity index (χ2v) is 11.3. The summed E-state index contributed by atoms with van der Waals surface area (Å²) in [6.45, 7) is 6.82. The number of benzene rings is 2. The Morgan fingerprint density at radius 2 is 1.67 bits per heavy atom. The van der Waals surface area contributed by atoms with Gasteiger partial charge in [-0.2, -0.15) is 0 Å². The summed E-state index contributed by atoms with van der Waals surface area (Å²) in [5, 5.41) is 0. The molecule has 0 amide bonds. The third-order valence-electron chi connectivity index (χ3n) is 8.30. The number of hydrogen-bond donors (Lipinski definition) is 0. The molecule has 2 fully saturated rings. The van der Waals surface area contributed by atoms with E-state index < -0.39 is 0 Å². The number of nitrogens with zero attached hydrogens (tertiary/aromatic N) is 1. The van der Waals surface area contributed by atoms with Gasteiger partial charge in [0, 0.05) is 0 Å². The molecule has 33 heavy (non-hydrogen) atoms. The molecule has 4 unspecified atom stereocenters. The maximum atomic E-state index is 14.9. The molecule has 2 nitrogen and oxygen atoms in total. The van der Waals surface area contributed by atoms with Crippen molar-refractivity contribution >= 4 is 5.90 Å². The molecular formula is C30H38FNO. The van der Waals surface area contributed by atoms with E-state index in [9.17, 15) is 4.39 Å². The van der Waals surface area contributed by atoms with Crippen molar-refractivity contribution in [1.82, 2.24) is 0 Å². The van der Waals surface area contributed by atoms with E-state index in [0.717, 1.165) is 28.9 Å². The standard InChI is InChI=1S/C30H38FNO/c1-4-5-20-6-7-25-17-24(13-12-23(25)16-20)21-8-10-22(11-9-21)26-14-15-27(28(31)18-26)29-32-30(2,3)19-33-29/h8-11,14-15,18,20,23-25H,4-7,12-13,16-17,19H2,1-3H3. The average Bonchev–Trinajstić information content (AvgIpc) is 3.18. The molecule has 5 rings (SSSR count). The summed E-state index contributed by atoms with van der Waals surface area (Å²) in [6, 6.07) is 14.3. The van der Waals surface area contributed by atoms with Crippen LogP contribution in [0, 0.1) is 23.6 Å². The molecule has 0 saturated heterocycles. The van der Waals surface area contributed by atoms with E-state index >= 15 is 0 Å². The number of rotatable bonds is 5. The topological polar surface area (TPSA) is 21.6 Å². The van der Waals surface area contributed by atoms with Gasteiger partial charge in [-0.15, -0.1) is 0 Å². The zero-order chi connectivity index (χ0) is 23.0. The number of hydrogen-bond acceptors (Lipinski definition) is 2. The summed E-state index contributed by atoms with van der Waals surface area (Å²) < 4.78 is 20.5. The van der Waals surface area contributed by atoms with Crippen LogP contribution in [-0.2, 0) is 4.74 Å². The van der Waals surface area contributed by atoms with Crippen LogP contribution in [0.1, 0.15) is 89.2 Å². The molecule has 0 bridgehead atoms. The van der Waals surface area contributed by atoms with Crippen LogP contribution in [0.2, 0.25) is 0 Å². The largest absolute Gasteiger partial charge is 0.475 e. The van der Waals surface area contributed by atoms with Gasteiger partial charge in [-0.05, 0) is 98.4 Å². The fourth-order valence-corrected chi connectivity index (χ4v) is 6.50. The molecule has 1 aliphatic heterocycles. The van der Waals surface area contributed by atoms with Crippen LogP contribution in [0.15, 0.2) is 47.5 Å². The lowest BCUT2D eigenvalue weighted by molar-refractivity contribution is 0.114. The Bertz CT molecular complexity index is 1010. The van der Waals surface area contributed by atoms with Gasteiger partial charge in [0.2, 0.25) is 5.90 Å². The Morgan fingerprint density at radius 3 is 2.36 bits per heavy atom. The second kappa shape index (κ2) is 9.24. The summed E-state index contributed by atoms with van der Waals surface area (Å²) in [6.07, 6.45) is 11.2. The second-order valence-electron chi connectivity index (χ2n) is 11.3. The number of ether oxygens (including phenoxy) is 1. The Hall–Kier alpha value is -2.16. The van der Waals surface area contributed by atoms with Crippen molar-refractivity contribution < 1.29 is 9.13 Å². The molecule has 0 radical (unpaired) electrons. The quantitative estimate of drug-likeness (QED) is 0.453. The minimum atomic E-state index is -0.287. The minimum absolute atomic E-state index is 0.273. The highest BCUT2D eigenvalue weighted by atomic mass is 19.1. The fourth-order valence-electron chi connectivity index (χ4n) is 6.50. The number of halogens is 1. The molecule has 1 heterocycles. The molecule has 3 aliphatic rings. The summed E-state index contributed by atoms with van der Waals surface area (Å²) in [7, 11) is 0. The lowest BCUT2D eigenvalue weighted by atomic mass is 9.63. The lowest BCUT2D eigenvalue weighted by Gasteiger charge is -2.42. The molecule has 2 aromatic rings. The number of aliphatic imine (C=N–C) groups is 1. The predicted molar refractivity (Wildman–Crippen MR) is 134 cm³/mol. The van der Waals surface area contributed by atoms with Gasteiger partial charge in [0.1, 0.15) is 12.4 Å². The smallest absolute Gasteiger partial charge is 0.219 e. The van der Waals surface area contributed by atoms with Gasteiger partial charge in [-0.3, -0.25) is 0 Å².